The van der Waals surface area contributed by atoms with Crippen molar-refractivity contribution >= 4 is 17.0 Å². The molecule has 0 saturated heterocycles. The van der Waals surface area contributed by atoms with E-state index in [1.807, 2.05) is 34.6 Å². The highest BCUT2D eigenvalue weighted by Crippen LogP contribution is 2.20. The Bertz CT molecular complexity index is 631. The molecule has 4 nitrogen and oxygen atoms in total. The molecule has 2 aromatic heterocycles. The van der Waals surface area contributed by atoms with Gasteiger partial charge in [0.1, 0.15) is 0 Å². The van der Waals surface area contributed by atoms with Crippen molar-refractivity contribution in [2.24, 2.45) is 0 Å². The molecule has 1 N–H and O–H groups in total. The van der Waals surface area contributed by atoms with E-state index in [0.717, 1.165) is 17.1 Å². The van der Waals surface area contributed by atoms with Crippen molar-refractivity contribution < 1.29 is 0 Å². The third-order valence-electron chi connectivity index (χ3n) is 2.89. The Morgan fingerprint density at radius 1 is 1.32 bits per heavy atom. The average molecular weight is 270 g/mol. The molecule has 0 amide bonds. The summed E-state index contributed by atoms with van der Waals surface area (Å²) in [6, 6.07) is 10.3. The van der Waals surface area contributed by atoms with Crippen LogP contribution in [-0.2, 0) is 0 Å². The number of nitrogens with zero attached hydrogens (tertiary/aromatic N) is 3. The van der Waals surface area contributed by atoms with Crippen LogP contribution in [0.5, 0.6) is 0 Å². The summed E-state index contributed by atoms with van der Waals surface area (Å²) in [4.78, 5) is 4.32. The first-order valence-corrected chi connectivity index (χ1v) is 7.02. The van der Waals surface area contributed by atoms with Gasteiger partial charge in [-0.2, -0.15) is 5.10 Å². The third kappa shape index (κ3) is 2.66. The van der Waals surface area contributed by atoms with E-state index >= 15 is 0 Å². The van der Waals surface area contributed by atoms with Crippen LogP contribution in [0.2, 0.25) is 0 Å². The molecule has 0 bridgehead atoms. The Balaban J connectivity index is 1.80. The second kappa shape index (κ2) is 5.24. The predicted octanol–water partition coefficient (Wildman–Crippen LogP) is 3.50. The highest BCUT2D eigenvalue weighted by atomic mass is 32.1. The minimum absolute atomic E-state index is 0.194. The van der Waals surface area contributed by atoms with Crippen molar-refractivity contribution in [2.45, 2.75) is 13.0 Å². The standard InChI is InChI=1S/C14H14N4S/c1-11(14-9-19-10-15-14)17-12-4-2-5-13(8-12)18-7-3-6-16-18/h2-11,17H,1H3. The molecular weight excluding hydrogens is 256 g/mol. The molecule has 0 aliphatic heterocycles. The number of rotatable bonds is 4. The monoisotopic (exact) mass is 270 g/mol. The van der Waals surface area contributed by atoms with Gasteiger partial charge in [0.25, 0.3) is 0 Å². The van der Waals surface area contributed by atoms with Crippen molar-refractivity contribution in [3.05, 3.63) is 59.3 Å². The first-order valence-electron chi connectivity index (χ1n) is 6.07. The molecule has 0 radical (unpaired) electrons. The Hall–Kier alpha value is -2.14. The van der Waals surface area contributed by atoms with E-state index in [0.29, 0.717) is 0 Å². The summed E-state index contributed by atoms with van der Waals surface area (Å²) in [5.41, 5.74) is 5.02. The van der Waals surface area contributed by atoms with Gasteiger partial charge in [-0.1, -0.05) is 6.07 Å². The van der Waals surface area contributed by atoms with Gasteiger partial charge in [0.15, 0.2) is 0 Å². The summed E-state index contributed by atoms with van der Waals surface area (Å²) in [5.74, 6) is 0. The number of hydrogen-bond donors (Lipinski definition) is 1. The summed E-state index contributed by atoms with van der Waals surface area (Å²) in [7, 11) is 0. The predicted molar refractivity (Wildman–Crippen MR) is 77.7 cm³/mol. The Morgan fingerprint density at radius 3 is 3.00 bits per heavy atom. The molecule has 3 rings (SSSR count). The van der Waals surface area contributed by atoms with Crippen LogP contribution in [0.3, 0.4) is 0 Å². The highest BCUT2D eigenvalue weighted by Gasteiger charge is 2.07. The van der Waals surface area contributed by atoms with Crippen molar-refractivity contribution in [1.29, 1.82) is 0 Å². The number of nitrogens with one attached hydrogen (secondary N) is 1. The molecule has 1 aromatic carbocycles. The Morgan fingerprint density at radius 2 is 2.26 bits per heavy atom. The summed E-state index contributed by atoms with van der Waals surface area (Å²) in [6.45, 7) is 2.11. The smallest absolute Gasteiger partial charge is 0.0795 e. The minimum atomic E-state index is 0.194. The topological polar surface area (TPSA) is 42.7 Å². The van der Waals surface area contributed by atoms with Crippen molar-refractivity contribution in [3.63, 3.8) is 0 Å². The van der Waals surface area contributed by atoms with Gasteiger partial charge < -0.3 is 5.32 Å². The normalized spacial score (nSPS) is 12.3. The fraction of sp³-hybridized carbons (Fsp3) is 0.143. The van der Waals surface area contributed by atoms with Crippen LogP contribution < -0.4 is 5.32 Å². The third-order valence-corrected chi connectivity index (χ3v) is 3.50. The Labute approximate surface area is 115 Å². The van der Waals surface area contributed by atoms with Crippen LogP contribution in [0.25, 0.3) is 5.69 Å². The lowest BCUT2D eigenvalue weighted by molar-refractivity contribution is 0.846. The second-order valence-electron chi connectivity index (χ2n) is 4.28. The lowest BCUT2D eigenvalue weighted by Crippen LogP contribution is -2.07. The van der Waals surface area contributed by atoms with Gasteiger partial charge in [-0.3, -0.25) is 0 Å². The van der Waals surface area contributed by atoms with Gasteiger partial charge in [-0.25, -0.2) is 9.67 Å². The van der Waals surface area contributed by atoms with E-state index in [4.69, 9.17) is 0 Å². The quantitative estimate of drug-likeness (QED) is 0.789. The number of aromatic nitrogens is 3. The molecule has 0 saturated carbocycles. The van der Waals surface area contributed by atoms with Crippen molar-refractivity contribution in [1.82, 2.24) is 14.8 Å². The van der Waals surface area contributed by atoms with E-state index in [1.165, 1.54) is 0 Å². The molecule has 96 valence electrons. The number of hydrogen-bond acceptors (Lipinski definition) is 4. The molecule has 1 unspecified atom stereocenters. The first kappa shape index (κ1) is 11.9. The van der Waals surface area contributed by atoms with Crippen molar-refractivity contribution in [2.75, 3.05) is 5.32 Å². The first-order chi connectivity index (χ1) is 9.33. The van der Waals surface area contributed by atoms with Crippen molar-refractivity contribution in [3.8, 4) is 5.69 Å². The van der Waals surface area contributed by atoms with E-state index in [2.05, 4.69) is 39.8 Å². The lowest BCUT2D eigenvalue weighted by Gasteiger charge is -2.14. The van der Waals surface area contributed by atoms with Gasteiger partial charge in [0, 0.05) is 23.5 Å². The van der Waals surface area contributed by atoms with Crippen LogP contribution in [0.15, 0.2) is 53.6 Å². The van der Waals surface area contributed by atoms with Gasteiger partial charge in [-0.15, -0.1) is 11.3 Å². The van der Waals surface area contributed by atoms with E-state index in [-0.39, 0.29) is 6.04 Å². The minimum Gasteiger partial charge on any atom is -0.377 e. The van der Waals surface area contributed by atoms with Crippen LogP contribution in [0, 0.1) is 0 Å². The molecule has 5 heteroatoms. The van der Waals surface area contributed by atoms with Crippen LogP contribution in [-0.4, -0.2) is 14.8 Å². The molecule has 19 heavy (non-hydrogen) atoms. The molecular formula is C14H14N4S. The zero-order chi connectivity index (χ0) is 13.1. The number of thiazole rings is 1. The summed E-state index contributed by atoms with van der Waals surface area (Å²) in [6.07, 6.45) is 3.71. The maximum absolute atomic E-state index is 4.32. The lowest BCUT2D eigenvalue weighted by atomic mass is 10.2. The van der Waals surface area contributed by atoms with Crippen LogP contribution in [0.4, 0.5) is 5.69 Å². The summed E-state index contributed by atoms with van der Waals surface area (Å²) in [5, 5.41) is 9.75. The number of benzene rings is 1. The maximum Gasteiger partial charge on any atom is 0.0795 e. The molecule has 0 aliphatic rings. The fourth-order valence-corrected chi connectivity index (χ4v) is 2.57. The van der Waals surface area contributed by atoms with Crippen LogP contribution in [0.1, 0.15) is 18.7 Å². The molecule has 0 spiro atoms. The van der Waals surface area contributed by atoms with Crippen LogP contribution >= 0.6 is 11.3 Å². The Kier molecular flexibility index (Phi) is 3.29. The van der Waals surface area contributed by atoms with E-state index < -0.39 is 0 Å². The number of anilines is 1. The maximum atomic E-state index is 4.32. The fourth-order valence-electron chi connectivity index (χ4n) is 1.92. The zero-order valence-corrected chi connectivity index (χ0v) is 11.3. The molecule has 3 aromatic rings. The summed E-state index contributed by atoms with van der Waals surface area (Å²) >= 11 is 1.61. The summed E-state index contributed by atoms with van der Waals surface area (Å²) < 4.78 is 1.85. The van der Waals surface area contributed by atoms with E-state index in [9.17, 15) is 0 Å². The molecule has 0 fully saturated rings. The molecule has 0 aliphatic carbocycles. The van der Waals surface area contributed by atoms with Gasteiger partial charge in [0.2, 0.25) is 0 Å². The molecule has 2 heterocycles. The van der Waals surface area contributed by atoms with Gasteiger partial charge >= 0.3 is 0 Å². The zero-order valence-electron chi connectivity index (χ0n) is 10.5. The molecule has 1 atom stereocenters. The average Bonchev–Trinajstić information content (AvgIpc) is 3.13. The van der Waals surface area contributed by atoms with Gasteiger partial charge in [0.05, 0.1) is 22.9 Å². The second-order valence-corrected chi connectivity index (χ2v) is 5.00. The van der Waals surface area contributed by atoms with Gasteiger partial charge in [-0.05, 0) is 31.2 Å². The highest BCUT2D eigenvalue weighted by molar-refractivity contribution is 7.07. The SMILES string of the molecule is CC(Nc1cccc(-n2cccn2)c1)c1cscn1. The van der Waals surface area contributed by atoms with E-state index in [1.54, 1.807) is 17.5 Å². The largest absolute Gasteiger partial charge is 0.377 e.